The van der Waals surface area contributed by atoms with Gasteiger partial charge in [-0.25, -0.2) is 4.39 Å². The van der Waals surface area contributed by atoms with Crippen LogP contribution in [0.15, 0.2) is 35.7 Å². The van der Waals surface area contributed by atoms with Crippen molar-refractivity contribution in [2.45, 2.75) is 38.6 Å². The van der Waals surface area contributed by atoms with Gasteiger partial charge in [0.05, 0.1) is 0 Å². The van der Waals surface area contributed by atoms with Crippen molar-refractivity contribution in [1.82, 2.24) is 5.32 Å². The number of hydrogen-bond acceptors (Lipinski definition) is 2. The lowest BCUT2D eigenvalue weighted by Gasteiger charge is -2.19. The van der Waals surface area contributed by atoms with Gasteiger partial charge in [-0.3, -0.25) is 0 Å². The summed E-state index contributed by atoms with van der Waals surface area (Å²) in [6, 6.07) is 9.31. The molecule has 2 rings (SSSR count). The molecule has 1 atom stereocenters. The van der Waals surface area contributed by atoms with E-state index in [1.54, 1.807) is 17.4 Å². The van der Waals surface area contributed by atoms with Crippen molar-refractivity contribution in [2.75, 3.05) is 6.54 Å². The van der Waals surface area contributed by atoms with E-state index in [2.05, 4.69) is 29.8 Å². The minimum absolute atomic E-state index is 0.277. The molecule has 1 unspecified atom stereocenters. The molecule has 4 heteroatoms. The largest absolute Gasteiger partial charge is 0.314 e. The second-order valence-corrected chi connectivity index (χ2v) is 6.65. The van der Waals surface area contributed by atoms with Crippen molar-refractivity contribution in [3.05, 3.63) is 57.0 Å². The van der Waals surface area contributed by atoms with E-state index < -0.39 is 0 Å². The van der Waals surface area contributed by atoms with Crippen LogP contribution in [-0.2, 0) is 12.8 Å². The van der Waals surface area contributed by atoms with Gasteiger partial charge in [0.1, 0.15) is 5.82 Å². The van der Waals surface area contributed by atoms with E-state index in [4.69, 9.17) is 11.6 Å². The number of halogens is 2. The fraction of sp³-hybridized carbons (Fsp3) is 0.412. The molecule has 114 valence electrons. The van der Waals surface area contributed by atoms with Gasteiger partial charge in [0.2, 0.25) is 0 Å². The highest BCUT2D eigenvalue weighted by Crippen LogP contribution is 2.21. The summed E-state index contributed by atoms with van der Waals surface area (Å²) in [5.41, 5.74) is 1.01. The molecule has 0 aliphatic heterocycles. The van der Waals surface area contributed by atoms with E-state index in [1.165, 1.54) is 17.0 Å². The molecule has 0 saturated carbocycles. The first kappa shape index (κ1) is 16.5. The monoisotopic (exact) mass is 325 g/mol. The summed E-state index contributed by atoms with van der Waals surface area (Å²) < 4.78 is 13.1. The van der Waals surface area contributed by atoms with Crippen LogP contribution >= 0.6 is 22.9 Å². The van der Waals surface area contributed by atoms with Gasteiger partial charge in [-0.2, -0.15) is 0 Å². The maximum atomic E-state index is 13.1. The van der Waals surface area contributed by atoms with E-state index in [1.807, 2.05) is 0 Å². The van der Waals surface area contributed by atoms with Gasteiger partial charge in [-0.15, -0.1) is 11.3 Å². The van der Waals surface area contributed by atoms with Gasteiger partial charge in [-0.05, 0) is 61.4 Å². The predicted octanol–water partition coefficient (Wildman–Crippen LogP) is 5.08. The zero-order valence-electron chi connectivity index (χ0n) is 12.2. The molecule has 0 spiro atoms. The fourth-order valence-electron chi connectivity index (χ4n) is 2.35. The molecule has 0 fully saturated rings. The zero-order chi connectivity index (χ0) is 15.1. The normalized spacial score (nSPS) is 12.5. The number of aryl methyl sites for hydroxylation is 1. The molecule has 1 heterocycles. The summed E-state index contributed by atoms with van der Waals surface area (Å²) in [7, 11) is 0. The molecule has 0 amide bonds. The van der Waals surface area contributed by atoms with Crippen molar-refractivity contribution in [2.24, 2.45) is 0 Å². The quantitative estimate of drug-likeness (QED) is 0.713. The summed E-state index contributed by atoms with van der Waals surface area (Å²) in [4.78, 5) is 1.41. The lowest BCUT2D eigenvalue weighted by atomic mass is 10.0. The van der Waals surface area contributed by atoms with Crippen LogP contribution in [0.2, 0.25) is 5.02 Å². The van der Waals surface area contributed by atoms with Gasteiger partial charge in [0, 0.05) is 15.9 Å². The summed E-state index contributed by atoms with van der Waals surface area (Å²) >= 11 is 7.94. The van der Waals surface area contributed by atoms with Crippen molar-refractivity contribution >= 4 is 22.9 Å². The van der Waals surface area contributed by atoms with Crippen molar-refractivity contribution in [1.29, 1.82) is 0 Å². The van der Waals surface area contributed by atoms with Crippen LogP contribution in [0.3, 0.4) is 0 Å². The molecule has 0 radical (unpaired) electrons. The van der Waals surface area contributed by atoms with E-state index in [0.717, 1.165) is 37.8 Å². The topological polar surface area (TPSA) is 12.0 Å². The van der Waals surface area contributed by atoms with Crippen molar-refractivity contribution in [3.63, 3.8) is 0 Å². The number of benzene rings is 1. The summed E-state index contributed by atoms with van der Waals surface area (Å²) in [5, 5.41) is 6.21. The highest BCUT2D eigenvalue weighted by molar-refractivity contribution is 7.09. The number of thiophene rings is 1. The van der Waals surface area contributed by atoms with E-state index >= 15 is 0 Å². The van der Waals surface area contributed by atoms with Gasteiger partial charge in [0.25, 0.3) is 0 Å². The third kappa shape index (κ3) is 5.42. The van der Waals surface area contributed by atoms with E-state index in [-0.39, 0.29) is 5.82 Å². The Kier molecular flexibility index (Phi) is 6.68. The maximum Gasteiger partial charge on any atom is 0.124 e. The summed E-state index contributed by atoms with van der Waals surface area (Å²) in [6.07, 6.45) is 4.07. The minimum atomic E-state index is -0.277. The van der Waals surface area contributed by atoms with E-state index in [9.17, 15) is 4.39 Å². The Balaban J connectivity index is 1.97. The lowest BCUT2D eigenvalue weighted by molar-refractivity contribution is 0.478. The van der Waals surface area contributed by atoms with Crippen LogP contribution in [0.5, 0.6) is 0 Å². The number of hydrogen-bond donors (Lipinski definition) is 1. The Morgan fingerprint density at radius 1 is 1.33 bits per heavy atom. The second-order valence-electron chi connectivity index (χ2n) is 5.21. The number of rotatable bonds is 8. The molecule has 0 bridgehead atoms. The molecule has 0 saturated heterocycles. The highest BCUT2D eigenvalue weighted by Gasteiger charge is 2.12. The third-order valence-corrected chi connectivity index (χ3v) is 4.77. The first-order chi connectivity index (χ1) is 10.2. The highest BCUT2D eigenvalue weighted by atomic mass is 35.5. The number of nitrogens with one attached hydrogen (secondary N) is 1. The van der Waals surface area contributed by atoms with Gasteiger partial charge < -0.3 is 5.32 Å². The molecule has 1 aromatic heterocycles. The summed E-state index contributed by atoms with van der Waals surface area (Å²) in [6.45, 7) is 3.15. The Labute approximate surface area is 135 Å². The van der Waals surface area contributed by atoms with Gasteiger partial charge >= 0.3 is 0 Å². The van der Waals surface area contributed by atoms with Crippen LogP contribution in [0.25, 0.3) is 0 Å². The van der Waals surface area contributed by atoms with E-state index in [0.29, 0.717) is 11.1 Å². The molecule has 1 N–H and O–H groups in total. The third-order valence-electron chi connectivity index (χ3n) is 3.48. The van der Waals surface area contributed by atoms with Crippen molar-refractivity contribution < 1.29 is 4.39 Å². The molecule has 1 aromatic carbocycles. The Morgan fingerprint density at radius 2 is 2.19 bits per heavy atom. The average molecular weight is 326 g/mol. The maximum absolute atomic E-state index is 13.1. The molecule has 0 aliphatic rings. The standard InChI is InChI=1S/C17H21ClFNS/c1-2-9-20-15(7-8-16-4-3-10-21-16)11-13-5-6-14(19)12-17(13)18/h3-6,10,12,15,20H,2,7-9,11H2,1H3. The summed E-state index contributed by atoms with van der Waals surface area (Å²) in [5.74, 6) is -0.277. The molecule has 2 aromatic rings. The predicted molar refractivity (Wildman–Crippen MR) is 89.8 cm³/mol. The SMILES string of the molecule is CCCNC(CCc1cccs1)Cc1ccc(F)cc1Cl. The zero-order valence-corrected chi connectivity index (χ0v) is 13.8. The fourth-order valence-corrected chi connectivity index (χ4v) is 3.32. The van der Waals surface area contributed by atoms with Crippen molar-refractivity contribution in [3.8, 4) is 0 Å². The Hall–Kier alpha value is -0.900. The molecule has 21 heavy (non-hydrogen) atoms. The van der Waals surface area contributed by atoms with Crippen LogP contribution in [0, 0.1) is 5.82 Å². The first-order valence-electron chi connectivity index (χ1n) is 7.38. The molecular formula is C17H21ClFNS. The second kappa shape index (κ2) is 8.52. The van der Waals surface area contributed by atoms with Crippen LogP contribution < -0.4 is 5.32 Å². The van der Waals surface area contributed by atoms with Crippen LogP contribution in [0.1, 0.15) is 30.2 Å². The Bertz CT molecular complexity index is 542. The average Bonchev–Trinajstić information content (AvgIpc) is 2.97. The molecule has 0 aliphatic carbocycles. The molecule has 1 nitrogen and oxygen atoms in total. The van der Waals surface area contributed by atoms with Gasteiger partial charge in [0.15, 0.2) is 0 Å². The smallest absolute Gasteiger partial charge is 0.124 e. The minimum Gasteiger partial charge on any atom is -0.314 e. The van der Waals surface area contributed by atoms with Crippen LogP contribution in [0.4, 0.5) is 4.39 Å². The first-order valence-corrected chi connectivity index (χ1v) is 8.64. The lowest BCUT2D eigenvalue weighted by Crippen LogP contribution is -2.32. The van der Waals surface area contributed by atoms with Crippen LogP contribution in [-0.4, -0.2) is 12.6 Å². The molecular weight excluding hydrogens is 305 g/mol. The Morgan fingerprint density at radius 3 is 2.86 bits per heavy atom. The van der Waals surface area contributed by atoms with Gasteiger partial charge in [-0.1, -0.05) is 30.7 Å².